The van der Waals surface area contributed by atoms with E-state index in [1.54, 1.807) is 4.52 Å². The first-order chi connectivity index (χ1) is 11.9. The predicted octanol–water partition coefficient (Wildman–Crippen LogP) is 1.67. The van der Waals surface area contributed by atoms with Crippen LogP contribution in [0.2, 0.25) is 0 Å². The molecule has 2 aromatic heterocycles. The Kier molecular flexibility index (Phi) is 6.10. The third kappa shape index (κ3) is 4.15. The Balaban J connectivity index is 2.04. The molecule has 2 N–H and O–H groups in total. The van der Waals surface area contributed by atoms with E-state index >= 15 is 0 Å². The third-order valence-electron chi connectivity index (χ3n) is 4.74. The van der Waals surface area contributed by atoms with Gasteiger partial charge in [0.05, 0.1) is 12.3 Å². The van der Waals surface area contributed by atoms with Crippen LogP contribution in [0.1, 0.15) is 49.2 Å². The standard InChI is InChI=1S/C18H25N5O2/c1-5-11(2)16(24)10-20-17(25)7-6-15-12(3)22-18-14(8-19)9-21-23(18)13(15)4/h9,11,16,24H,5-7,10H2,1-4H3,(H,20,25). The van der Waals surface area contributed by atoms with Gasteiger partial charge < -0.3 is 10.4 Å². The van der Waals surface area contributed by atoms with E-state index in [1.807, 2.05) is 27.7 Å². The summed E-state index contributed by atoms with van der Waals surface area (Å²) in [5, 5.41) is 26.0. The summed E-state index contributed by atoms with van der Waals surface area (Å²) in [6.45, 7) is 8.03. The molecule has 2 unspecified atom stereocenters. The molecular formula is C18H25N5O2. The summed E-state index contributed by atoms with van der Waals surface area (Å²) >= 11 is 0. The summed E-state index contributed by atoms with van der Waals surface area (Å²) in [6, 6.07) is 2.08. The van der Waals surface area contributed by atoms with Gasteiger partial charge in [0.25, 0.3) is 0 Å². The van der Waals surface area contributed by atoms with Crippen molar-refractivity contribution in [1.29, 1.82) is 5.26 Å². The molecular weight excluding hydrogens is 318 g/mol. The van der Waals surface area contributed by atoms with E-state index in [0.717, 1.165) is 23.4 Å². The lowest BCUT2D eigenvalue weighted by Gasteiger charge is -2.17. The Morgan fingerprint density at radius 2 is 2.20 bits per heavy atom. The number of hydrogen-bond acceptors (Lipinski definition) is 5. The summed E-state index contributed by atoms with van der Waals surface area (Å²) in [6.07, 6.45) is 2.70. The highest BCUT2D eigenvalue weighted by atomic mass is 16.3. The maximum Gasteiger partial charge on any atom is 0.220 e. The fourth-order valence-corrected chi connectivity index (χ4v) is 2.77. The molecule has 2 heterocycles. The minimum atomic E-state index is -0.524. The zero-order valence-electron chi connectivity index (χ0n) is 15.2. The van der Waals surface area contributed by atoms with Gasteiger partial charge in [-0.25, -0.2) is 9.50 Å². The van der Waals surface area contributed by atoms with Crippen LogP contribution in [0, 0.1) is 31.1 Å². The van der Waals surface area contributed by atoms with Gasteiger partial charge in [-0.1, -0.05) is 20.3 Å². The molecule has 25 heavy (non-hydrogen) atoms. The molecule has 2 atom stereocenters. The predicted molar refractivity (Wildman–Crippen MR) is 94.0 cm³/mol. The van der Waals surface area contributed by atoms with E-state index in [9.17, 15) is 9.90 Å². The molecule has 7 heteroatoms. The number of carbonyl (C=O) groups excluding carboxylic acids is 1. The van der Waals surface area contributed by atoms with E-state index in [1.165, 1.54) is 6.20 Å². The van der Waals surface area contributed by atoms with Crippen molar-refractivity contribution in [1.82, 2.24) is 19.9 Å². The second-order valence-corrected chi connectivity index (χ2v) is 6.42. The molecule has 0 spiro atoms. The minimum absolute atomic E-state index is 0.0978. The highest BCUT2D eigenvalue weighted by molar-refractivity contribution is 5.76. The van der Waals surface area contributed by atoms with Gasteiger partial charge in [-0.05, 0) is 31.7 Å². The van der Waals surface area contributed by atoms with Gasteiger partial charge in [0, 0.05) is 24.4 Å². The number of aliphatic hydroxyl groups excluding tert-OH is 1. The number of nitrogens with zero attached hydrogens (tertiary/aromatic N) is 4. The number of nitrogens with one attached hydrogen (secondary N) is 1. The summed E-state index contributed by atoms with van der Waals surface area (Å²) in [5.41, 5.74) is 3.63. The SMILES string of the molecule is CCC(C)C(O)CNC(=O)CCc1c(C)nc2c(C#N)cnn2c1C. The molecule has 0 saturated carbocycles. The van der Waals surface area contributed by atoms with E-state index in [0.29, 0.717) is 24.1 Å². The van der Waals surface area contributed by atoms with Crippen molar-refractivity contribution in [3.8, 4) is 6.07 Å². The van der Waals surface area contributed by atoms with Gasteiger partial charge in [0.2, 0.25) is 5.91 Å². The number of amides is 1. The number of rotatable bonds is 7. The quantitative estimate of drug-likeness (QED) is 0.796. The van der Waals surface area contributed by atoms with Gasteiger partial charge in [-0.3, -0.25) is 4.79 Å². The highest BCUT2D eigenvalue weighted by Crippen LogP contribution is 2.18. The van der Waals surface area contributed by atoms with Crippen molar-refractivity contribution in [3.05, 3.63) is 28.7 Å². The van der Waals surface area contributed by atoms with E-state index in [4.69, 9.17) is 5.26 Å². The van der Waals surface area contributed by atoms with Gasteiger partial charge in [-0.2, -0.15) is 10.4 Å². The molecule has 1 amide bonds. The maximum absolute atomic E-state index is 12.1. The molecule has 0 aliphatic rings. The molecule has 0 radical (unpaired) electrons. The van der Waals surface area contributed by atoms with Gasteiger partial charge >= 0.3 is 0 Å². The molecule has 2 rings (SSSR count). The summed E-state index contributed by atoms with van der Waals surface area (Å²) in [5.74, 6) is 0.0602. The molecule has 0 saturated heterocycles. The van der Waals surface area contributed by atoms with Crippen molar-refractivity contribution >= 4 is 11.6 Å². The van der Waals surface area contributed by atoms with Crippen molar-refractivity contribution < 1.29 is 9.90 Å². The zero-order chi connectivity index (χ0) is 18.6. The Hall–Kier alpha value is -2.46. The lowest BCUT2D eigenvalue weighted by atomic mass is 10.0. The third-order valence-corrected chi connectivity index (χ3v) is 4.74. The molecule has 0 aliphatic carbocycles. The molecule has 2 aromatic rings. The molecule has 134 valence electrons. The van der Waals surface area contributed by atoms with Crippen molar-refractivity contribution in [2.75, 3.05) is 6.54 Å². The van der Waals surface area contributed by atoms with Crippen LogP contribution in [-0.4, -0.2) is 38.3 Å². The molecule has 0 aliphatic heterocycles. The van der Waals surface area contributed by atoms with Crippen molar-refractivity contribution in [2.24, 2.45) is 5.92 Å². The number of aliphatic hydroxyl groups is 1. The second-order valence-electron chi connectivity index (χ2n) is 6.42. The number of carbonyl (C=O) groups is 1. The zero-order valence-corrected chi connectivity index (χ0v) is 15.2. The second kappa shape index (κ2) is 8.08. The fraction of sp³-hybridized carbons (Fsp3) is 0.556. The molecule has 0 bridgehead atoms. The van der Waals surface area contributed by atoms with Crippen LogP contribution in [0.3, 0.4) is 0 Å². The molecule has 0 aromatic carbocycles. The van der Waals surface area contributed by atoms with E-state index < -0.39 is 6.10 Å². The minimum Gasteiger partial charge on any atom is -0.391 e. The normalized spacial score (nSPS) is 13.4. The summed E-state index contributed by atoms with van der Waals surface area (Å²) < 4.78 is 1.64. The lowest BCUT2D eigenvalue weighted by molar-refractivity contribution is -0.121. The topological polar surface area (TPSA) is 103 Å². The smallest absolute Gasteiger partial charge is 0.220 e. The first-order valence-corrected chi connectivity index (χ1v) is 8.57. The number of hydrogen-bond donors (Lipinski definition) is 2. The molecule has 7 nitrogen and oxygen atoms in total. The van der Waals surface area contributed by atoms with E-state index in [2.05, 4.69) is 21.5 Å². The van der Waals surface area contributed by atoms with E-state index in [-0.39, 0.29) is 18.4 Å². The number of aromatic nitrogens is 3. The highest BCUT2D eigenvalue weighted by Gasteiger charge is 2.16. The monoisotopic (exact) mass is 343 g/mol. The van der Waals surface area contributed by atoms with Crippen LogP contribution in [0.15, 0.2) is 6.20 Å². The van der Waals surface area contributed by atoms with Crippen molar-refractivity contribution in [3.63, 3.8) is 0 Å². The van der Waals surface area contributed by atoms with Crippen LogP contribution < -0.4 is 5.32 Å². The van der Waals surface area contributed by atoms with Crippen LogP contribution in [0.5, 0.6) is 0 Å². The maximum atomic E-state index is 12.1. The van der Waals surface area contributed by atoms with Crippen LogP contribution in [-0.2, 0) is 11.2 Å². The average molecular weight is 343 g/mol. The summed E-state index contributed by atoms with van der Waals surface area (Å²) in [7, 11) is 0. The number of aryl methyl sites for hydroxylation is 2. The Bertz CT molecular complexity index is 806. The van der Waals surface area contributed by atoms with Gasteiger partial charge in [0.15, 0.2) is 5.65 Å². The molecule has 0 fully saturated rings. The largest absolute Gasteiger partial charge is 0.391 e. The lowest BCUT2D eigenvalue weighted by Crippen LogP contribution is -2.35. The van der Waals surface area contributed by atoms with Crippen LogP contribution in [0.25, 0.3) is 5.65 Å². The fourth-order valence-electron chi connectivity index (χ4n) is 2.77. The summed E-state index contributed by atoms with van der Waals surface area (Å²) in [4.78, 5) is 16.5. The van der Waals surface area contributed by atoms with Gasteiger partial charge in [0.1, 0.15) is 11.6 Å². The van der Waals surface area contributed by atoms with Crippen LogP contribution in [0.4, 0.5) is 0 Å². The Morgan fingerprint density at radius 3 is 2.84 bits per heavy atom. The first-order valence-electron chi connectivity index (χ1n) is 8.57. The van der Waals surface area contributed by atoms with Crippen molar-refractivity contribution in [2.45, 2.75) is 53.1 Å². The Labute approximate surface area is 147 Å². The van der Waals surface area contributed by atoms with Gasteiger partial charge in [-0.15, -0.1) is 0 Å². The number of nitriles is 1. The Morgan fingerprint density at radius 1 is 1.48 bits per heavy atom. The number of fused-ring (bicyclic) bond motifs is 1. The van der Waals surface area contributed by atoms with Crippen LogP contribution >= 0.6 is 0 Å². The first kappa shape index (κ1) is 18.9. The average Bonchev–Trinajstić information content (AvgIpc) is 3.01.